The molecule has 7 nitrogen and oxygen atoms in total. The summed E-state index contributed by atoms with van der Waals surface area (Å²) < 4.78 is 34.5. The summed E-state index contributed by atoms with van der Waals surface area (Å²) in [5.41, 5.74) is 1.17. The first-order valence-electron chi connectivity index (χ1n) is 8.89. The lowest BCUT2D eigenvalue weighted by molar-refractivity contribution is 0.0725. The number of carbonyl (C=O) groups excluding carboxylic acids is 1. The number of hydrogen-bond acceptors (Lipinski definition) is 5. The van der Waals surface area contributed by atoms with Crippen LogP contribution in [0.2, 0.25) is 0 Å². The number of anilines is 1. The SMILES string of the molecule is O=C(c1ccc(Br)cc1NS(=O)(=O)c1cccc2ocnc12)N1CCCCC1. The zero-order valence-electron chi connectivity index (χ0n) is 14.9. The number of hydrogen-bond donors (Lipinski definition) is 1. The highest BCUT2D eigenvalue weighted by molar-refractivity contribution is 9.10. The number of para-hydroxylation sites is 1. The molecular weight excluding hydrogens is 446 g/mol. The van der Waals surface area contributed by atoms with Gasteiger partial charge in [0.25, 0.3) is 15.9 Å². The molecule has 0 bridgehead atoms. The van der Waals surface area contributed by atoms with Crippen molar-refractivity contribution in [3.05, 3.63) is 52.8 Å². The van der Waals surface area contributed by atoms with Crippen molar-refractivity contribution in [2.75, 3.05) is 17.8 Å². The molecule has 0 radical (unpaired) electrons. The van der Waals surface area contributed by atoms with Gasteiger partial charge in [-0.2, -0.15) is 0 Å². The van der Waals surface area contributed by atoms with E-state index in [2.05, 4.69) is 25.6 Å². The average Bonchev–Trinajstić information content (AvgIpc) is 3.16. The van der Waals surface area contributed by atoms with Crippen LogP contribution in [0.1, 0.15) is 29.6 Å². The second-order valence-corrected chi connectivity index (χ2v) is 9.17. The minimum atomic E-state index is -3.98. The Balaban J connectivity index is 1.72. The van der Waals surface area contributed by atoms with Crippen molar-refractivity contribution in [2.45, 2.75) is 24.2 Å². The second-order valence-electron chi connectivity index (χ2n) is 6.60. The van der Waals surface area contributed by atoms with Gasteiger partial charge >= 0.3 is 0 Å². The fraction of sp³-hybridized carbons (Fsp3) is 0.263. The average molecular weight is 464 g/mol. The van der Waals surface area contributed by atoms with Gasteiger partial charge in [0.05, 0.1) is 11.3 Å². The molecule has 4 rings (SSSR count). The molecule has 2 heterocycles. The van der Waals surface area contributed by atoms with Gasteiger partial charge in [-0.3, -0.25) is 9.52 Å². The van der Waals surface area contributed by atoms with Gasteiger partial charge in [0.2, 0.25) is 0 Å². The van der Waals surface area contributed by atoms with Crippen LogP contribution in [0.5, 0.6) is 0 Å². The highest BCUT2D eigenvalue weighted by atomic mass is 79.9. The van der Waals surface area contributed by atoms with Crippen molar-refractivity contribution >= 4 is 48.6 Å². The monoisotopic (exact) mass is 463 g/mol. The van der Waals surface area contributed by atoms with Crippen LogP contribution in [0.25, 0.3) is 11.1 Å². The summed E-state index contributed by atoms with van der Waals surface area (Å²) in [6.07, 6.45) is 4.22. The number of amides is 1. The van der Waals surface area contributed by atoms with Crippen LogP contribution in [-0.4, -0.2) is 37.3 Å². The molecule has 0 spiro atoms. The maximum absolute atomic E-state index is 13.0. The molecule has 0 unspecified atom stereocenters. The highest BCUT2D eigenvalue weighted by Gasteiger charge is 2.25. The first kappa shape index (κ1) is 18.9. The van der Waals surface area contributed by atoms with Crippen LogP contribution in [0.15, 0.2) is 56.6 Å². The minimum Gasteiger partial charge on any atom is -0.443 e. The molecule has 2 aromatic carbocycles. The summed E-state index contributed by atoms with van der Waals surface area (Å²) in [5.74, 6) is -0.176. The number of benzene rings is 2. The normalized spacial score (nSPS) is 15.0. The van der Waals surface area contributed by atoms with Crippen LogP contribution in [-0.2, 0) is 10.0 Å². The smallest absolute Gasteiger partial charge is 0.264 e. The lowest BCUT2D eigenvalue weighted by Gasteiger charge is -2.27. The molecule has 1 saturated heterocycles. The Morgan fingerprint density at radius 3 is 2.71 bits per heavy atom. The van der Waals surface area contributed by atoms with E-state index in [1.54, 1.807) is 35.2 Å². The van der Waals surface area contributed by atoms with Gasteiger partial charge in [-0.15, -0.1) is 0 Å². The van der Waals surface area contributed by atoms with Crippen LogP contribution in [0.4, 0.5) is 5.69 Å². The zero-order chi connectivity index (χ0) is 19.7. The summed E-state index contributed by atoms with van der Waals surface area (Å²) in [4.78, 5) is 18.7. The van der Waals surface area contributed by atoms with Crippen molar-refractivity contribution in [1.29, 1.82) is 0 Å². The summed E-state index contributed by atoms with van der Waals surface area (Å²) >= 11 is 3.35. The van der Waals surface area contributed by atoms with E-state index in [1.807, 2.05) is 0 Å². The fourth-order valence-electron chi connectivity index (χ4n) is 3.33. The third-order valence-electron chi connectivity index (χ3n) is 4.71. The Labute approximate surface area is 170 Å². The number of oxazole rings is 1. The molecule has 28 heavy (non-hydrogen) atoms. The number of likely N-dealkylation sites (tertiary alicyclic amines) is 1. The molecule has 9 heteroatoms. The van der Waals surface area contributed by atoms with E-state index in [1.165, 1.54) is 12.5 Å². The molecule has 1 aliphatic rings. The molecule has 0 saturated carbocycles. The predicted molar refractivity (Wildman–Crippen MR) is 109 cm³/mol. The largest absolute Gasteiger partial charge is 0.443 e. The number of carbonyl (C=O) groups is 1. The number of sulfonamides is 1. The van der Waals surface area contributed by atoms with Crippen molar-refractivity contribution in [3.63, 3.8) is 0 Å². The van der Waals surface area contributed by atoms with Crippen LogP contribution in [0, 0.1) is 0 Å². The van der Waals surface area contributed by atoms with E-state index in [4.69, 9.17) is 4.42 Å². The van der Waals surface area contributed by atoms with Gasteiger partial charge in [0.15, 0.2) is 12.0 Å². The number of rotatable bonds is 4. The molecular formula is C19H18BrN3O4S. The Morgan fingerprint density at radius 1 is 1.14 bits per heavy atom. The number of nitrogens with zero attached hydrogens (tertiary/aromatic N) is 2. The van der Waals surface area contributed by atoms with Gasteiger partial charge in [0.1, 0.15) is 10.4 Å². The third-order valence-corrected chi connectivity index (χ3v) is 6.60. The molecule has 3 aromatic rings. The van der Waals surface area contributed by atoms with E-state index >= 15 is 0 Å². The van der Waals surface area contributed by atoms with Gasteiger partial charge in [-0.25, -0.2) is 13.4 Å². The molecule has 1 N–H and O–H groups in total. The maximum Gasteiger partial charge on any atom is 0.264 e. The van der Waals surface area contributed by atoms with Crippen molar-refractivity contribution < 1.29 is 17.6 Å². The molecule has 0 aliphatic carbocycles. The quantitative estimate of drug-likeness (QED) is 0.630. The van der Waals surface area contributed by atoms with Crippen molar-refractivity contribution in [1.82, 2.24) is 9.88 Å². The second kappa shape index (κ2) is 7.56. The lowest BCUT2D eigenvalue weighted by Crippen LogP contribution is -2.36. The Morgan fingerprint density at radius 2 is 1.93 bits per heavy atom. The number of aromatic nitrogens is 1. The first-order valence-corrected chi connectivity index (χ1v) is 11.2. The fourth-order valence-corrected chi connectivity index (χ4v) is 4.93. The number of piperidine rings is 1. The van der Waals surface area contributed by atoms with Crippen LogP contribution in [0.3, 0.4) is 0 Å². The summed E-state index contributed by atoms with van der Waals surface area (Å²) in [5, 5.41) is 0. The molecule has 1 fully saturated rings. The molecule has 146 valence electrons. The van der Waals surface area contributed by atoms with Crippen molar-refractivity contribution in [3.8, 4) is 0 Å². The summed E-state index contributed by atoms with van der Waals surface area (Å²) in [7, 11) is -3.98. The lowest BCUT2D eigenvalue weighted by atomic mass is 10.1. The molecule has 1 aliphatic heterocycles. The molecule has 1 amide bonds. The number of halogens is 1. The zero-order valence-corrected chi connectivity index (χ0v) is 17.3. The summed E-state index contributed by atoms with van der Waals surface area (Å²) in [6, 6.07) is 9.65. The Kier molecular flexibility index (Phi) is 5.11. The number of fused-ring (bicyclic) bond motifs is 1. The topological polar surface area (TPSA) is 92.5 Å². The third kappa shape index (κ3) is 3.64. The van der Waals surface area contributed by atoms with E-state index in [-0.39, 0.29) is 22.0 Å². The summed E-state index contributed by atoms with van der Waals surface area (Å²) in [6.45, 7) is 1.36. The van der Waals surface area contributed by atoms with Crippen LogP contribution < -0.4 is 4.72 Å². The Bertz CT molecular complexity index is 1140. The predicted octanol–water partition coefficient (Wildman–Crippen LogP) is 4.02. The van der Waals surface area contributed by atoms with E-state index < -0.39 is 10.0 Å². The highest BCUT2D eigenvalue weighted by Crippen LogP contribution is 2.28. The van der Waals surface area contributed by atoms with Gasteiger partial charge in [0, 0.05) is 17.6 Å². The Hall–Kier alpha value is -2.39. The van der Waals surface area contributed by atoms with E-state index in [9.17, 15) is 13.2 Å². The van der Waals surface area contributed by atoms with Crippen molar-refractivity contribution in [2.24, 2.45) is 0 Å². The number of nitrogens with one attached hydrogen (secondary N) is 1. The maximum atomic E-state index is 13.0. The van der Waals surface area contributed by atoms with Gasteiger partial charge in [-0.05, 0) is 49.6 Å². The minimum absolute atomic E-state index is 0.00454. The van der Waals surface area contributed by atoms with Gasteiger partial charge < -0.3 is 9.32 Å². The first-order chi connectivity index (χ1) is 13.5. The molecule has 0 atom stereocenters. The van der Waals surface area contributed by atoms with E-state index in [0.29, 0.717) is 28.7 Å². The molecule has 1 aromatic heterocycles. The van der Waals surface area contributed by atoms with Gasteiger partial charge in [-0.1, -0.05) is 22.0 Å². The van der Waals surface area contributed by atoms with E-state index in [0.717, 1.165) is 19.3 Å². The standard InChI is InChI=1S/C19H18BrN3O4S/c20-13-7-8-14(19(24)23-9-2-1-3-10-23)15(11-13)22-28(25,26)17-6-4-5-16-18(17)21-12-27-16/h4-8,11-12,22H,1-3,9-10H2. The van der Waals surface area contributed by atoms with Crippen LogP contribution >= 0.6 is 15.9 Å².